The van der Waals surface area contributed by atoms with Gasteiger partial charge in [0.15, 0.2) is 5.76 Å². The lowest BCUT2D eigenvalue weighted by atomic mass is 10.2. The van der Waals surface area contributed by atoms with Crippen molar-refractivity contribution in [3.05, 3.63) is 46.9 Å². The zero-order chi connectivity index (χ0) is 13.3. The molecule has 0 N–H and O–H groups in total. The number of hydrogen-bond donors (Lipinski definition) is 0. The largest absolute Gasteiger partial charge is 0.454 e. The molecule has 5 heteroatoms. The highest BCUT2D eigenvalue weighted by Crippen LogP contribution is 2.26. The summed E-state index contributed by atoms with van der Waals surface area (Å²) in [5.74, 6) is 0.762. The van der Waals surface area contributed by atoms with Gasteiger partial charge in [0.1, 0.15) is 16.6 Å². The van der Waals surface area contributed by atoms with Gasteiger partial charge in [-0.3, -0.25) is 0 Å². The third-order valence-electron chi connectivity index (χ3n) is 2.43. The maximum atomic E-state index is 13.1. The summed E-state index contributed by atoms with van der Waals surface area (Å²) in [4.78, 5) is 2.39. The van der Waals surface area contributed by atoms with Gasteiger partial charge >= 0.3 is 0 Å². The number of rotatable bonds is 2. The lowest BCUT2D eigenvalue weighted by Gasteiger charge is -2.10. The smallest absolute Gasteiger partial charge is 0.162 e. The van der Waals surface area contributed by atoms with Gasteiger partial charge < -0.3 is 9.32 Å². The third kappa shape index (κ3) is 2.54. The maximum Gasteiger partial charge on any atom is 0.162 e. The maximum absolute atomic E-state index is 13.1. The fraction of sp³-hybridized carbons (Fsp3) is 0.154. The Balaban J connectivity index is 2.35. The van der Waals surface area contributed by atoms with Crippen molar-refractivity contribution in [3.8, 4) is 11.3 Å². The van der Waals surface area contributed by atoms with Crippen LogP contribution in [0.5, 0.6) is 0 Å². The average Bonchev–Trinajstić information content (AvgIpc) is 2.81. The van der Waals surface area contributed by atoms with Gasteiger partial charge in [0.25, 0.3) is 0 Å². The van der Waals surface area contributed by atoms with Crippen LogP contribution in [0.25, 0.3) is 11.3 Å². The quantitative estimate of drug-likeness (QED) is 0.776. The minimum Gasteiger partial charge on any atom is -0.454 e. The Morgan fingerprint density at radius 2 is 2.00 bits per heavy atom. The summed E-state index contributed by atoms with van der Waals surface area (Å²) in [5.41, 5.74) is 0.717. The Labute approximate surface area is 115 Å². The molecule has 0 radical (unpaired) electrons. The van der Waals surface area contributed by atoms with Gasteiger partial charge in [-0.15, -0.1) is 0 Å². The van der Waals surface area contributed by atoms with Crippen molar-refractivity contribution in [3.63, 3.8) is 0 Å². The van der Waals surface area contributed by atoms with Gasteiger partial charge in [-0.25, -0.2) is 4.39 Å². The van der Waals surface area contributed by atoms with Crippen LogP contribution in [0, 0.1) is 5.82 Å². The number of thiocarbonyl (C=S) groups is 1. The SMILES string of the molecule is CN(C)C(=S)c1ccc(-c2ccc(F)c(Cl)c2)o1. The van der Waals surface area contributed by atoms with E-state index in [0.717, 1.165) is 0 Å². The molecule has 0 aliphatic carbocycles. The minimum atomic E-state index is -0.448. The third-order valence-corrected chi connectivity index (χ3v) is 3.28. The first-order valence-corrected chi connectivity index (χ1v) is 6.04. The molecule has 0 atom stereocenters. The fourth-order valence-electron chi connectivity index (χ4n) is 1.48. The minimum absolute atomic E-state index is 0.0700. The summed E-state index contributed by atoms with van der Waals surface area (Å²) in [7, 11) is 3.69. The van der Waals surface area contributed by atoms with Crippen molar-refractivity contribution >= 4 is 28.8 Å². The van der Waals surface area contributed by atoms with E-state index in [1.807, 2.05) is 14.1 Å². The number of halogens is 2. The van der Waals surface area contributed by atoms with Gasteiger partial charge in [-0.05, 0) is 30.3 Å². The van der Waals surface area contributed by atoms with Crippen LogP contribution in [0.15, 0.2) is 34.7 Å². The monoisotopic (exact) mass is 283 g/mol. The van der Waals surface area contributed by atoms with Gasteiger partial charge in [-0.2, -0.15) is 0 Å². The van der Waals surface area contributed by atoms with E-state index in [0.29, 0.717) is 22.1 Å². The van der Waals surface area contributed by atoms with E-state index < -0.39 is 5.82 Å². The molecule has 2 rings (SSSR count). The second-order valence-corrected chi connectivity index (χ2v) is 4.79. The Kier molecular flexibility index (Phi) is 3.68. The highest BCUT2D eigenvalue weighted by Gasteiger charge is 2.11. The summed E-state index contributed by atoms with van der Waals surface area (Å²) in [6.07, 6.45) is 0. The van der Waals surface area contributed by atoms with Gasteiger partial charge in [0.2, 0.25) is 0 Å². The summed E-state index contributed by atoms with van der Waals surface area (Å²) in [6.45, 7) is 0. The number of nitrogens with zero attached hydrogens (tertiary/aromatic N) is 1. The Bertz CT molecular complexity index is 594. The molecule has 0 aliphatic rings. The zero-order valence-electron chi connectivity index (χ0n) is 9.91. The molecule has 0 saturated carbocycles. The van der Waals surface area contributed by atoms with E-state index >= 15 is 0 Å². The van der Waals surface area contributed by atoms with Crippen LogP contribution in [0.4, 0.5) is 4.39 Å². The van der Waals surface area contributed by atoms with Crippen LogP contribution in [0.3, 0.4) is 0 Å². The first-order valence-electron chi connectivity index (χ1n) is 5.26. The molecule has 2 nitrogen and oxygen atoms in total. The van der Waals surface area contributed by atoms with E-state index in [4.69, 9.17) is 28.2 Å². The highest BCUT2D eigenvalue weighted by atomic mass is 35.5. The molecule has 2 aromatic rings. The van der Waals surface area contributed by atoms with Crippen molar-refractivity contribution in [2.24, 2.45) is 0 Å². The van der Waals surface area contributed by atoms with Crippen LogP contribution in [-0.4, -0.2) is 24.0 Å². The highest BCUT2D eigenvalue weighted by molar-refractivity contribution is 7.80. The predicted octanol–water partition coefficient (Wildman–Crippen LogP) is 3.98. The Morgan fingerprint density at radius 1 is 1.28 bits per heavy atom. The molecule has 0 unspecified atom stereocenters. The first-order chi connectivity index (χ1) is 8.49. The first kappa shape index (κ1) is 13.1. The van der Waals surface area contributed by atoms with Crippen LogP contribution >= 0.6 is 23.8 Å². The standard InChI is InChI=1S/C13H11ClFNOS/c1-16(2)13(18)12-6-5-11(17-12)8-3-4-10(15)9(14)7-8/h3-7H,1-2H3. The molecule has 0 bridgehead atoms. The lowest BCUT2D eigenvalue weighted by Crippen LogP contribution is -2.19. The molecular formula is C13H11ClFNOS. The number of furan rings is 1. The molecule has 1 aromatic heterocycles. The molecule has 94 valence electrons. The van der Waals surface area contributed by atoms with Crippen LogP contribution in [0.2, 0.25) is 5.02 Å². The lowest BCUT2D eigenvalue weighted by molar-refractivity contribution is 0.545. The summed E-state index contributed by atoms with van der Waals surface area (Å²) >= 11 is 10.9. The predicted molar refractivity (Wildman–Crippen MR) is 74.5 cm³/mol. The van der Waals surface area contributed by atoms with Crippen LogP contribution < -0.4 is 0 Å². The average molecular weight is 284 g/mol. The molecule has 0 saturated heterocycles. The molecule has 0 spiro atoms. The van der Waals surface area contributed by atoms with Crippen molar-refractivity contribution in [2.75, 3.05) is 14.1 Å². The zero-order valence-corrected chi connectivity index (χ0v) is 11.5. The fourth-order valence-corrected chi connectivity index (χ4v) is 1.77. The van der Waals surface area contributed by atoms with E-state index in [1.165, 1.54) is 12.1 Å². The van der Waals surface area contributed by atoms with Crippen LogP contribution in [-0.2, 0) is 0 Å². The van der Waals surface area contributed by atoms with Crippen molar-refractivity contribution in [1.82, 2.24) is 4.90 Å². The normalized spacial score (nSPS) is 10.4. The van der Waals surface area contributed by atoms with Crippen molar-refractivity contribution < 1.29 is 8.81 Å². The van der Waals surface area contributed by atoms with E-state index in [2.05, 4.69) is 0 Å². The number of benzene rings is 1. The second-order valence-electron chi connectivity index (χ2n) is 3.99. The summed E-state index contributed by atoms with van der Waals surface area (Å²) in [5, 5.41) is 0.0700. The Hall–Kier alpha value is -1.39. The Morgan fingerprint density at radius 3 is 2.61 bits per heavy atom. The van der Waals surface area contributed by atoms with E-state index in [9.17, 15) is 4.39 Å². The molecular weight excluding hydrogens is 273 g/mol. The second kappa shape index (κ2) is 5.08. The summed E-state index contributed by atoms with van der Waals surface area (Å²) < 4.78 is 18.7. The van der Waals surface area contributed by atoms with Crippen molar-refractivity contribution in [1.29, 1.82) is 0 Å². The van der Waals surface area contributed by atoms with Gasteiger partial charge in [0, 0.05) is 19.7 Å². The molecule has 0 fully saturated rings. The molecule has 0 amide bonds. The number of hydrogen-bond acceptors (Lipinski definition) is 2. The van der Waals surface area contributed by atoms with Gasteiger partial charge in [0.05, 0.1) is 5.02 Å². The topological polar surface area (TPSA) is 16.4 Å². The van der Waals surface area contributed by atoms with Crippen molar-refractivity contribution in [2.45, 2.75) is 0 Å². The van der Waals surface area contributed by atoms with Gasteiger partial charge in [-0.1, -0.05) is 23.8 Å². The molecule has 1 heterocycles. The molecule has 0 aliphatic heterocycles. The summed E-state index contributed by atoms with van der Waals surface area (Å²) in [6, 6.07) is 8.02. The molecule has 1 aromatic carbocycles. The van der Waals surface area contributed by atoms with E-state index in [-0.39, 0.29) is 5.02 Å². The van der Waals surface area contributed by atoms with E-state index in [1.54, 1.807) is 23.1 Å². The molecule has 18 heavy (non-hydrogen) atoms. The van der Waals surface area contributed by atoms with Crippen LogP contribution in [0.1, 0.15) is 5.76 Å².